The number of carbonyl (C=O) groups excluding carboxylic acids is 2. The second kappa shape index (κ2) is 43.7. The van der Waals surface area contributed by atoms with Crippen molar-refractivity contribution in [2.24, 2.45) is 0 Å². The Morgan fingerprint density at radius 2 is 0.773 bits per heavy atom. The first-order chi connectivity index (χ1) is 32.0. The normalized spacial score (nSPS) is 19.3. The number of aliphatic hydroxyl groups excluding tert-OH is 3. The lowest BCUT2D eigenvalue weighted by Crippen LogP contribution is -2.60. The summed E-state index contributed by atoms with van der Waals surface area (Å²) in [5, 5.41) is 31.0. The van der Waals surface area contributed by atoms with Gasteiger partial charge in [-0.05, 0) is 12.8 Å². The maximum atomic E-state index is 12.9. The number of aliphatic hydroxyl groups is 3. The number of unbranched alkanes of at least 4 members (excludes halogenated alkanes) is 36. The van der Waals surface area contributed by atoms with Gasteiger partial charge >= 0.3 is 11.9 Å². The van der Waals surface area contributed by atoms with Crippen molar-refractivity contribution in [3.05, 3.63) is 0 Å². The zero-order valence-electron chi connectivity index (χ0n) is 42.3. The van der Waals surface area contributed by atoms with Crippen LogP contribution >= 0.6 is 0 Å². The van der Waals surface area contributed by atoms with Gasteiger partial charge in [0.15, 0.2) is 12.4 Å². The third-order valence-electron chi connectivity index (χ3n) is 13.2. The predicted molar refractivity (Wildman–Crippen MR) is 266 cm³/mol. The second-order valence-corrected chi connectivity index (χ2v) is 21.1. The third kappa shape index (κ3) is 37.5. The molecule has 0 amide bonds. The molecule has 1 heterocycles. The summed E-state index contributed by atoms with van der Waals surface area (Å²) in [6.45, 7) is 3.83. The molecular weight excluding hydrogens is 861 g/mol. The van der Waals surface area contributed by atoms with Gasteiger partial charge in [-0.3, -0.25) is 14.1 Å². The average molecular weight is 963 g/mol. The fraction of sp³-hybridized carbons (Fsp3) is 0.962. The minimum Gasteiger partial charge on any atom is -0.462 e. The first-order valence-corrected chi connectivity index (χ1v) is 29.2. The van der Waals surface area contributed by atoms with Crippen molar-refractivity contribution in [2.75, 3.05) is 19.0 Å². The van der Waals surface area contributed by atoms with Gasteiger partial charge in [-0.1, -0.05) is 245 Å². The van der Waals surface area contributed by atoms with Crippen LogP contribution < -0.4 is 0 Å². The van der Waals surface area contributed by atoms with Crippen LogP contribution in [0.5, 0.6) is 0 Å². The Balaban J connectivity index is 2.32. The molecule has 1 rings (SSSR count). The van der Waals surface area contributed by atoms with Crippen molar-refractivity contribution in [1.29, 1.82) is 0 Å². The van der Waals surface area contributed by atoms with Crippen LogP contribution in [0.25, 0.3) is 0 Å². The largest absolute Gasteiger partial charge is 0.462 e. The lowest BCUT2D eigenvalue weighted by atomic mass is 10.00. The second-order valence-electron chi connectivity index (χ2n) is 19.6. The Kier molecular flexibility index (Phi) is 41.4. The summed E-state index contributed by atoms with van der Waals surface area (Å²) < 4.78 is 54.3. The topological polar surface area (TPSA) is 186 Å². The molecule has 1 saturated heterocycles. The van der Waals surface area contributed by atoms with E-state index in [4.69, 9.17) is 18.9 Å². The smallest absolute Gasteiger partial charge is 0.306 e. The summed E-state index contributed by atoms with van der Waals surface area (Å²) in [6.07, 6.45) is 38.6. The van der Waals surface area contributed by atoms with Crippen molar-refractivity contribution in [1.82, 2.24) is 0 Å². The van der Waals surface area contributed by atoms with Gasteiger partial charge in [-0.25, -0.2) is 0 Å². The van der Waals surface area contributed by atoms with Gasteiger partial charge in [-0.15, -0.1) is 0 Å². The van der Waals surface area contributed by atoms with Gasteiger partial charge in [0.1, 0.15) is 36.8 Å². The molecule has 0 radical (unpaired) electrons. The Morgan fingerprint density at radius 3 is 1.11 bits per heavy atom. The highest BCUT2D eigenvalue weighted by Gasteiger charge is 2.46. The lowest BCUT2D eigenvalue weighted by molar-refractivity contribution is -0.297. The van der Waals surface area contributed by atoms with Crippen LogP contribution in [-0.4, -0.2) is 96.0 Å². The van der Waals surface area contributed by atoms with Gasteiger partial charge in [0.2, 0.25) is 0 Å². The van der Waals surface area contributed by atoms with Gasteiger partial charge in [0, 0.05) is 12.8 Å². The fourth-order valence-electron chi connectivity index (χ4n) is 8.92. The van der Waals surface area contributed by atoms with E-state index in [0.717, 1.165) is 38.5 Å². The average Bonchev–Trinajstić information content (AvgIpc) is 3.28. The van der Waals surface area contributed by atoms with E-state index in [0.29, 0.717) is 12.8 Å². The van der Waals surface area contributed by atoms with Crippen molar-refractivity contribution in [3.8, 4) is 0 Å². The Morgan fingerprint density at radius 1 is 0.455 bits per heavy atom. The first-order valence-electron chi connectivity index (χ1n) is 27.6. The van der Waals surface area contributed by atoms with E-state index in [1.165, 1.54) is 193 Å². The van der Waals surface area contributed by atoms with Crippen LogP contribution in [0.4, 0.5) is 0 Å². The van der Waals surface area contributed by atoms with E-state index in [-0.39, 0.29) is 19.4 Å². The zero-order valence-corrected chi connectivity index (χ0v) is 43.1. The summed E-state index contributed by atoms with van der Waals surface area (Å²) >= 11 is 0. The van der Waals surface area contributed by atoms with Gasteiger partial charge in [0.05, 0.1) is 6.61 Å². The lowest BCUT2D eigenvalue weighted by Gasteiger charge is -2.40. The molecule has 1 aliphatic rings. The molecule has 0 aromatic heterocycles. The molecule has 12 nitrogen and oxygen atoms in total. The van der Waals surface area contributed by atoms with E-state index in [1.54, 1.807) is 0 Å². The molecule has 1 aliphatic heterocycles. The summed E-state index contributed by atoms with van der Waals surface area (Å²) in [4.78, 5) is 25.6. The SMILES string of the molecule is CCCCCCCCCCCCCCCCCCCCCCC(=O)O[C@H](COC(=O)CCCCCCCCCCCCCCCCCCCC)CO[C@H]1O[C@H](CS(=O)(=O)O)[C@@H](O)C(O)C1O. The number of ether oxygens (including phenoxy) is 4. The number of esters is 2. The number of hydrogen-bond acceptors (Lipinski definition) is 11. The minimum absolute atomic E-state index is 0.173. The van der Waals surface area contributed by atoms with Crippen molar-refractivity contribution < 1.29 is 56.8 Å². The van der Waals surface area contributed by atoms with Gasteiger partial charge in [0.25, 0.3) is 10.1 Å². The molecule has 0 bridgehead atoms. The summed E-state index contributed by atoms with van der Waals surface area (Å²) in [6, 6.07) is 0. The molecule has 0 aliphatic carbocycles. The van der Waals surface area contributed by atoms with Crippen molar-refractivity contribution in [3.63, 3.8) is 0 Å². The van der Waals surface area contributed by atoms with Crippen LogP contribution in [0.2, 0.25) is 0 Å². The third-order valence-corrected chi connectivity index (χ3v) is 13.9. The summed E-state index contributed by atoms with van der Waals surface area (Å²) in [5.74, 6) is -1.95. The van der Waals surface area contributed by atoms with E-state index >= 15 is 0 Å². The van der Waals surface area contributed by atoms with E-state index in [9.17, 15) is 37.9 Å². The first kappa shape index (κ1) is 62.7. The van der Waals surface area contributed by atoms with Crippen molar-refractivity contribution in [2.45, 2.75) is 307 Å². The molecule has 6 atom stereocenters. The Bertz CT molecular complexity index is 1220. The Labute approximate surface area is 403 Å². The van der Waals surface area contributed by atoms with Crippen LogP contribution in [-0.2, 0) is 38.7 Å². The van der Waals surface area contributed by atoms with Gasteiger partial charge in [-0.2, -0.15) is 8.42 Å². The van der Waals surface area contributed by atoms with E-state index in [1.807, 2.05) is 0 Å². The predicted octanol–water partition coefficient (Wildman–Crippen LogP) is 12.8. The molecule has 1 fully saturated rings. The quantitative estimate of drug-likeness (QED) is 0.0257. The number of carbonyl (C=O) groups is 2. The molecule has 0 spiro atoms. The molecule has 66 heavy (non-hydrogen) atoms. The minimum atomic E-state index is -4.60. The molecule has 0 aromatic rings. The molecule has 0 saturated carbocycles. The highest BCUT2D eigenvalue weighted by Crippen LogP contribution is 2.24. The molecule has 392 valence electrons. The Hall–Kier alpha value is -1.35. The van der Waals surface area contributed by atoms with Crippen molar-refractivity contribution >= 4 is 22.1 Å². The van der Waals surface area contributed by atoms with E-state index < -0.39 is 71.2 Å². The highest BCUT2D eigenvalue weighted by atomic mass is 32.2. The van der Waals surface area contributed by atoms with Crippen LogP contribution in [0.15, 0.2) is 0 Å². The van der Waals surface area contributed by atoms with Gasteiger partial charge < -0.3 is 34.3 Å². The van der Waals surface area contributed by atoms with Crippen LogP contribution in [0.1, 0.15) is 271 Å². The standard InChI is InChI=1S/C53H102O12S/c1-3-5-7-9-11-13-15-17-19-21-23-24-26-28-30-32-34-36-38-40-42-49(55)64-46(44-63-53-52(58)51(57)50(56)47(65-53)45-66(59,60)61)43-62-48(54)41-39-37-35-33-31-29-27-25-22-20-18-16-14-12-10-8-6-4-2/h46-47,50-53,56-58H,3-45H2,1-2H3,(H,59,60,61)/t46-,47-,50-,51?,52?,53+/m1/s1. The van der Waals surface area contributed by atoms with Crippen LogP contribution in [0.3, 0.4) is 0 Å². The monoisotopic (exact) mass is 963 g/mol. The molecule has 2 unspecified atom stereocenters. The maximum absolute atomic E-state index is 12.9. The zero-order chi connectivity index (χ0) is 48.4. The number of hydrogen-bond donors (Lipinski definition) is 4. The summed E-state index contributed by atoms with van der Waals surface area (Å²) in [5.41, 5.74) is 0. The fourth-order valence-corrected chi connectivity index (χ4v) is 9.61. The van der Waals surface area contributed by atoms with Crippen LogP contribution in [0, 0.1) is 0 Å². The highest BCUT2D eigenvalue weighted by molar-refractivity contribution is 7.85. The van der Waals surface area contributed by atoms with E-state index in [2.05, 4.69) is 13.8 Å². The molecule has 4 N–H and O–H groups in total. The molecular formula is C53H102O12S. The molecule has 0 aromatic carbocycles. The number of rotatable bonds is 48. The maximum Gasteiger partial charge on any atom is 0.306 e. The summed E-state index contributed by atoms with van der Waals surface area (Å²) in [7, 11) is -4.60. The molecule has 13 heteroatoms.